The number of halogens is 1. The maximum Gasteiger partial charge on any atom is 0.196 e. The van der Waals surface area contributed by atoms with Crippen LogP contribution in [0.4, 0.5) is 5.69 Å². The SMILES string of the molecule is Cc1ccc(CNC(=NCc2ccc(S(C)(=O)=O)cc2)Nc2ccccc2)cc1.I. The minimum atomic E-state index is -3.19. The Bertz CT molecular complexity index is 1070. The van der Waals surface area contributed by atoms with Crippen molar-refractivity contribution in [3.05, 3.63) is 95.6 Å². The Morgan fingerprint density at radius 3 is 2.07 bits per heavy atom. The third-order valence-electron chi connectivity index (χ3n) is 4.39. The number of nitrogens with one attached hydrogen (secondary N) is 2. The molecule has 3 aromatic rings. The Labute approximate surface area is 195 Å². The van der Waals surface area contributed by atoms with Crippen LogP contribution in [0.2, 0.25) is 0 Å². The van der Waals surface area contributed by atoms with Crippen molar-refractivity contribution >= 4 is 45.5 Å². The standard InChI is InChI=1S/C23H25N3O2S.HI/c1-18-8-10-19(11-9-18)16-24-23(26-21-6-4-3-5-7-21)25-17-20-12-14-22(15-13-20)29(2,27)28;/h3-15H,16-17H2,1-2H3,(H2,24,25,26);1H. The second kappa shape index (κ2) is 11.1. The zero-order valence-electron chi connectivity index (χ0n) is 17.0. The molecule has 7 heteroatoms. The van der Waals surface area contributed by atoms with Gasteiger partial charge in [-0.25, -0.2) is 13.4 Å². The van der Waals surface area contributed by atoms with Gasteiger partial charge in [-0.1, -0.05) is 60.2 Å². The van der Waals surface area contributed by atoms with Crippen molar-refractivity contribution in [2.45, 2.75) is 24.9 Å². The average molecular weight is 535 g/mol. The van der Waals surface area contributed by atoms with E-state index in [4.69, 9.17) is 0 Å². The molecule has 0 saturated heterocycles. The minimum absolute atomic E-state index is 0. The first-order valence-corrected chi connectivity index (χ1v) is 11.2. The molecule has 0 saturated carbocycles. The molecule has 0 aliphatic heterocycles. The number of sulfone groups is 1. The molecule has 2 N–H and O–H groups in total. The van der Waals surface area contributed by atoms with Crippen molar-refractivity contribution in [1.29, 1.82) is 0 Å². The Morgan fingerprint density at radius 2 is 1.47 bits per heavy atom. The van der Waals surface area contributed by atoms with Crippen molar-refractivity contribution in [3.8, 4) is 0 Å². The van der Waals surface area contributed by atoms with Crippen LogP contribution in [-0.2, 0) is 22.9 Å². The number of aliphatic imine (C=N–C) groups is 1. The van der Waals surface area contributed by atoms with Gasteiger partial charge >= 0.3 is 0 Å². The molecule has 0 fully saturated rings. The van der Waals surface area contributed by atoms with Crippen LogP contribution in [0.15, 0.2) is 88.8 Å². The molecular formula is C23H26IN3O2S. The van der Waals surface area contributed by atoms with Crippen molar-refractivity contribution in [2.24, 2.45) is 4.99 Å². The summed E-state index contributed by atoms with van der Waals surface area (Å²) in [5.41, 5.74) is 4.26. The summed E-state index contributed by atoms with van der Waals surface area (Å²) in [5, 5.41) is 6.66. The van der Waals surface area contributed by atoms with E-state index < -0.39 is 9.84 Å². The lowest BCUT2D eigenvalue weighted by atomic mass is 10.1. The number of hydrogen-bond donors (Lipinski definition) is 2. The zero-order valence-corrected chi connectivity index (χ0v) is 20.1. The first-order chi connectivity index (χ1) is 13.9. The molecule has 0 bridgehead atoms. The molecule has 0 unspecified atom stereocenters. The van der Waals surface area contributed by atoms with Gasteiger partial charge in [0.15, 0.2) is 15.8 Å². The highest BCUT2D eigenvalue weighted by atomic mass is 127. The fourth-order valence-corrected chi connectivity index (χ4v) is 3.33. The molecule has 0 spiro atoms. The third kappa shape index (κ3) is 7.46. The van der Waals surface area contributed by atoms with Crippen molar-refractivity contribution in [2.75, 3.05) is 11.6 Å². The summed E-state index contributed by atoms with van der Waals surface area (Å²) in [5.74, 6) is 0.656. The van der Waals surface area contributed by atoms with Crippen LogP contribution in [0, 0.1) is 6.92 Å². The summed E-state index contributed by atoms with van der Waals surface area (Å²) in [6.45, 7) is 3.14. The average Bonchev–Trinajstić information content (AvgIpc) is 2.71. The Morgan fingerprint density at radius 1 is 0.867 bits per heavy atom. The third-order valence-corrected chi connectivity index (χ3v) is 5.52. The highest BCUT2D eigenvalue weighted by molar-refractivity contribution is 14.0. The molecule has 0 aliphatic rings. The largest absolute Gasteiger partial charge is 0.352 e. The van der Waals surface area contributed by atoms with E-state index in [0.29, 0.717) is 23.9 Å². The lowest BCUT2D eigenvalue weighted by Crippen LogP contribution is -2.30. The number of nitrogens with zero attached hydrogens (tertiary/aromatic N) is 1. The maximum atomic E-state index is 11.6. The van der Waals surface area contributed by atoms with E-state index in [1.807, 2.05) is 30.3 Å². The second-order valence-electron chi connectivity index (χ2n) is 6.91. The summed E-state index contributed by atoms with van der Waals surface area (Å²) < 4.78 is 23.2. The van der Waals surface area contributed by atoms with Gasteiger partial charge in [0.25, 0.3) is 0 Å². The van der Waals surface area contributed by atoms with Crippen LogP contribution in [0.3, 0.4) is 0 Å². The molecule has 3 rings (SSSR count). The molecule has 3 aromatic carbocycles. The molecule has 30 heavy (non-hydrogen) atoms. The number of rotatable bonds is 6. The predicted octanol–water partition coefficient (Wildman–Crippen LogP) is 4.77. The quantitative estimate of drug-likeness (QED) is 0.271. The van der Waals surface area contributed by atoms with Gasteiger partial charge in [0.2, 0.25) is 0 Å². The Hall–Kier alpha value is -2.39. The summed E-state index contributed by atoms with van der Waals surface area (Å²) in [7, 11) is -3.19. The molecule has 0 aromatic heterocycles. The lowest BCUT2D eigenvalue weighted by molar-refractivity contribution is 0.602. The summed E-state index contributed by atoms with van der Waals surface area (Å²) >= 11 is 0. The van der Waals surface area contributed by atoms with E-state index in [9.17, 15) is 8.42 Å². The summed E-state index contributed by atoms with van der Waals surface area (Å²) in [6.07, 6.45) is 1.21. The van der Waals surface area contributed by atoms with Crippen LogP contribution in [-0.4, -0.2) is 20.6 Å². The van der Waals surface area contributed by atoms with Gasteiger partial charge < -0.3 is 10.6 Å². The van der Waals surface area contributed by atoms with E-state index in [1.165, 1.54) is 11.8 Å². The maximum absolute atomic E-state index is 11.6. The first kappa shape index (κ1) is 23.9. The summed E-state index contributed by atoms with van der Waals surface area (Å²) in [4.78, 5) is 4.97. The normalized spacial score (nSPS) is 11.5. The van der Waals surface area contributed by atoms with E-state index >= 15 is 0 Å². The Balaban J connectivity index is 0.00000320. The van der Waals surface area contributed by atoms with Gasteiger partial charge in [-0.3, -0.25) is 0 Å². The van der Waals surface area contributed by atoms with Gasteiger partial charge in [0.1, 0.15) is 0 Å². The Kier molecular flexibility index (Phi) is 8.86. The topological polar surface area (TPSA) is 70.6 Å². The van der Waals surface area contributed by atoms with E-state index in [2.05, 4.69) is 46.8 Å². The van der Waals surface area contributed by atoms with Gasteiger partial charge in [-0.2, -0.15) is 0 Å². The number of hydrogen-bond acceptors (Lipinski definition) is 3. The molecule has 0 atom stereocenters. The fourth-order valence-electron chi connectivity index (χ4n) is 2.70. The van der Waals surface area contributed by atoms with Crippen LogP contribution in [0.5, 0.6) is 0 Å². The molecule has 0 radical (unpaired) electrons. The number of para-hydroxylation sites is 1. The van der Waals surface area contributed by atoms with E-state index in [-0.39, 0.29) is 24.0 Å². The number of benzene rings is 3. The number of anilines is 1. The van der Waals surface area contributed by atoms with Gasteiger partial charge in [0, 0.05) is 18.5 Å². The highest BCUT2D eigenvalue weighted by Crippen LogP contribution is 2.12. The minimum Gasteiger partial charge on any atom is -0.352 e. The smallest absolute Gasteiger partial charge is 0.196 e. The lowest BCUT2D eigenvalue weighted by Gasteiger charge is -2.13. The molecule has 5 nitrogen and oxygen atoms in total. The number of aryl methyl sites for hydroxylation is 1. The predicted molar refractivity (Wildman–Crippen MR) is 134 cm³/mol. The zero-order chi connectivity index (χ0) is 20.7. The summed E-state index contributed by atoms with van der Waals surface area (Å²) in [6, 6.07) is 25.0. The molecule has 158 valence electrons. The molecule has 0 amide bonds. The highest BCUT2D eigenvalue weighted by Gasteiger charge is 2.06. The van der Waals surface area contributed by atoms with Crippen LogP contribution in [0.25, 0.3) is 0 Å². The van der Waals surface area contributed by atoms with Gasteiger partial charge in [-0.05, 0) is 42.3 Å². The van der Waals surface area contributed by atoms with E-state index in [0.717, 1.165) is 16.8 Å². The van der Waals surface area contributed by atoms with Gasteiger partial charge in [0.05, 0.1) is 11.4 Å². The van der Waals surface area contributed by atoms with Crippen molar-refractivity contribution < 1.29 is 8.42 Å². The molecule has 0 aliphatic carbocycles. The van der Waals surface area contributed by atoms with Crippen molar-refractivity contribution in [1.82, 2.24) is 5.32 Å². The monoisotopic (exact) mass is 535 g/mol. The fraction of sp³-hybridized carbons (Fsp3) is 0.174. The first-order valence-electron chi connectivity index (χ1n) is 9.35. The van der Waals surface area contributed by atoms with Gasteiger partial charge in [-0.15, -0.1) is 24.0 Å². The molecular weight excluding hydrogens is 509 g/mol. The van der Waals surface area contributed by atoms with Crippen LogP contribution < -0.4 is 10.6 Å². The number of guanidine groups is 1. The van der Waals surface area contributed by atoms with Crippen LogP contribution in [0.1, 0.15) is 16.7 Å². The van der Waals surface area contributed by atoms with E-state index in [1.54, 1.807) is 24.3 Å². The molecule has 0 heterocycles. The van der Waals surface area contributed by atoms with Crippen LogP contribution >= 0.6 is 24.0 Å². The second-order valence-corrected chi connectivity index (χ2v) is 8.93. The van der Waals surface area contributed by atoms with Crippen molar-refractivity contribution in [3.63, 3.8) is 0 Å².